The van der Waals surface area contributed by atoms with E-state index in [4.69, 9.17) is 18.9 Å². The van der Waals surface area contributed by atoms with E-state index in [-0.39, 0.29) is 26.0 Å². The van der Waals surface area contributed by atoms with E-state index in [1.54, 1.807) is 14.2 Å². The van der Waals surface area contributed by atoms with Gasteiger partial charge in [0.25, 0.3) is 0 Å². The Morgan fingerprint density at radius 1 is 0.923 bits per heavy atom. The summed E-state index contributed by atoms with van der Waals surface area (Å²) in [5.74, 6) is 0. The van der Waals surface area contributed by atoms with Gasteiger partial charge in [-0.15, -0.1) is 0 Å². The Balaban J connectivity index is 3.35. The van der Waals surface area contributed by atoms with Crippen molar-refractivity contribution in [2.75, 3.05) is 27.8 Å². The minimum atomic E-state index is -0.230. The first-order valence-electron chi connectivity index (χ1n) is 4.11. The molecule has 5 heteroatoms. The number of hydrogen-bond donors (Lipinski definition) is 0. The van der Waals surface area contributed by atoms with Crippen molar-refractivity contribution in [1.82, 2.24) is 5.32 Å². The van der Waals surface area contributed by atoms with Gasteiger partial charge in [0.1, 0.15) is 26.0 Å². The van der Waals surface area contributed by atoms with E-state index in [1.807, 2.05) is 13.8 Å². The van der Waals surface area contributed by atoms with Crippen LogP contribution in [0.25, 0.3) is 0 Å². The Bertz CT molecular complexity index is 100. The summed E-state index contributed by atoms with van der Waals surface area (Å²) in [7, 11) is 3.13. The highest BCUT2D eigenvalue weighted by molar-refractivity contribution is 4.48. The normalized spacial score (nSPS) is 15.7. The van der Waals surface area contributed by atoms with Gasteiger partial charge in [0.2, 0.25) is 0 Å². The fraction of sp³-hybridized carbons (Fsp3) is 1.00. The molecule has 0 amide bonds. The third-order valence-corrected chi connectivity index (χ3v) is 1.27. The van der Waals surface area contributed by atoms with Crippen molar-refractivity contribution in [2.45, 2.75) is 26.3 Å². The van der Waals surface area contributed by atoms with Gasteiger partial charge in [-0.25, -0.2) is 0 Å². The minimum Gasteiger partial charge on any atom is -0.359 e. The Labute approximate surface area is 79.3 Å². The van der Waals surface area contributed by atoms with E-state index in [0.29, 0.717) is 0 Å². The van der Waals surface area contributed by atoms with Gasteiger partial charge in [-0.3, -0.25) is 0 Å². The van der Waals surface area contributed by atoms with E-state index in [0.717, 1.165) is 0 Å². The maximum Gasteiger partial charge on any atom is 0.148 e. The van der Waals surface area contributed by atoms with Crippen LogP contribution in [0.2, 0.25) is 0 Å². The molecule has 79 valence electrons. The Hall–Kier alpha value is -0.200. The first kappa shape index (κ1) is 12.8. The summed E-state index contributed by atoms with van der Waals surface area (Å²) < 4.78 is 19.7. The predicted octanol–water partition coefficient (Wildman–Crippen LogP) is 0.524. The van der Waals surface area contributed by atoms with E-state index in [2.05, 4.69) is 5.32 Å². The molecule has 1 radical (unpaired) electrons. The second kappa shape index (κ2) is 8.40. The summed E-state index contributed by atoms with van der Waals surface area (Å²) >= 11 is 0. The van der Waals surface area contributed by atoms with Crippen molar-refractivity contribution in [1.29, 1.82) is 0 Å². The van der Waals surface area contributed by atoms with Crippen molar-refractivity contribution in [3.05, 3.63) is 0 Å². The van der Waals surface area contributed by atoms with Gasteiger partial charge in [0.05, 0.1) is 0 Å². The van der Waals surface area contributed by atoms with Crippen LogP contribution in [0.15, 0.2) is 0 Å². The lowest BCUT2D eigenvalue weighted by Gasteiger charge is -2.17. The fourth-order valence-corrected chi connectivity index (χ4v) is 0.715. The molecule has 0 aliphatic carbocycles. The van der Waals surface area contributed by atoms with Gasteiger partial charge in [-0.2, -0.15) is 5.32 Å². The van der Waals surface area contributed by atoms with E-state index >= 15 is 0 Å². The van der Waals surface area contributed by atoms with Gasteiger partial charge in [0, 0.05) is 14.2 Å². The molecular formula is C8H18NO4. The summed E-state index contributed by atoms with van der Waals surface area (Å²) in [5, 5.41) is 4.15. The Morgan fingerprint density at radius 2 is 1.31 bits per heavy atom. The molecule has 0 fully saturated rings. The molecule has 0 saturated heterocycles. The molecule has 0 spiro atoms. The molecular weight excluding hydrogens is 174 g/mol. The van der Waals surface area contributed by atoms with E-state index < -0.39 is 0 Å². The molecule has 2 atom stereocenters. The highest BCUT2D eigenvalue weighted by atomic mass is 16.7. The predicted molar refractivity (Wildman–Crippen MR) is 47.0 cm³/mol. The molecule has 2 unspecified atom stereocenters. The molecule has 0 bridgehead atoms. The van der Waals surface area contributed by atoms with Gasteiger partial charge < -0.3 is 18.9 Å². The summed E-state index contributed by atoms with van der Waals surface area (Å²) in [6.07, 6.45) is -0.460. The molecule has 0 saturated carbocycles. The zero-order chi connectivity index (χ0) is 10.1. The van der Waals surface area contributed by atoms with Crippen LogP contribution < -0.4 is 5.32 Å². The van der Waals surface area contributed by atoms with Crippen LogP contribution in [0.3, 0.4) is 0 Å². The molecule has 0 aromatic heterocycles. The molecule has 13 heavy (non-hydrogen) atoms. The fourth-order valence-electron chi connectivity index (χ4n) is 0.715. The molecule has 0 aromatic rings. The third-order valence-electron chi connectivity index (χ3n) is 1.27. The first-order valence-corrected chi connectivity index (χ1v) is 4.11. The number of rotatable bonds is 8. The average Bonchev–Trinajstić information content (AvgIpc) is 2.11. The molecule has 0 N–H and O–H groups in total. The molecule has 0 aromatic carbocycles. The van der Waals surface area contributed by atoms with Crippen molar-refractivity contribution in [3.8, 4) is 0 Å². The maximum atomic E-state index is 5.13. The lowest BCUT2D eigenvalue weighted by Crippen LogP contribution is -2.32. The largest absolute Gasteiger partial charge is 0.359 e. The van der Waals surface area contributed by atoms with Gasteiger partial charge >= 0.3 is 0 Å². The number of hydrogen-bond acceptors (Lipinski definition) is 4. The standard InChI is InChI=1S/C8H18NO4/c1-7(12-5-10-3)9-8(2)13-6-11-4/h7-8H,5-6H2,1-4H3. The van der Waals surface area contributed by atoms with Gasteiger partial charge in [-0.1, -0.05) is 0 Å². The second-order valence-electron chi connectivity index (χ2n) is 2.49. The van der Waals surface area contributed by atoms with Crippen molar-refractivity contribution < 1.29 is 18.9 Å². The first-order chi connectivity index (χ1) is 6.20. The van der Waals surface area contributed by atoms with E-state index in [1.165, 1.54) is 0 Å². The molecule has 0 rings (SSSR count). The van der Waals surface area contributed by atoms with E-state index in [9.17, 15) is 0 Å². The Morgan fingerprint density at radius 3 is 1.62 bits per heavy atom. The van der Waals surface area contributed by atoms with Gasteiger partial charge in [0.15, 0.2) is 0 Å². The van der Waals surface area contributed by atoms with Crippen LogP contribution in [-0.4, -0.2) is 40.3 Å². The quantitative estimate of drug-likeness (QED) is 0.526. The van der Waals surface area contributed by atoms with Crippen LogP contribution >= 0.6 is 0 Å². The Kier molecular flexibility index (Phi) is 8.27. The highest BCUT2D eigenvalue weighted by Crippen LogP contribution is 1.94. The van der Waals surface area contributed by atoms with Crippen LogP contribution in [-0.2, 0) is 18.9 Å². The van der Waals surface area contributed by atoms with Crippen LogP contribution in [0, 0.1) is 0 Å². The van der Waals surface area contributed by atoms with Crippen molar-refractivity contribution >= 4 is 0 Å². The molecule has 0 aliphatic rings. The lowest BCUT2D eigenvalue weighted by atomic mass is 10.5. The van der Waals surface area contributed by atoms with Crippen LogP contribution in [0.1, 0.15) is 13.8 Å². The summed E-state index contributed by atoms with van der Waals surface area (Å²) in [6.45, 7) is 4.13. The monoisotopic (exact) mass is 192 g/mol. The van der Waals surface area contributed by atoms with Crippen molar-refractivity contribution in [3.63, 3.8) is 0 Å². The molecule has 0 heterocycles. The van der Waals surface area contributed by atoms with Crippen LogP contribution in [0.4, 0.5) is 0 Å². The number of ether oxygens (including phenoxy) is 4. The van der Waals surface area contributed by atoms with Crippen LogP contribution in [0.5, 0.6) is 0 Å². The average molecular weight is 192 g/mol. The van der Waals surface area contributed by atoms with Crippen molar-refractivity contribution in [2.24, 2.45) is 0 Å². The van der Waals surface area contributed by atoms with Gasteiger partial charge in [-0.05, 0) is 13.8 Å². The summed E-state index contributed by atoms with van der Waals surface area (Å²) in [6, 6.07) is 0. The molecule has 5 nitrogen and oxygen atoms in total. The smallest absolute Gasteiger partial charge is 0.148 e. The maximum absolute atomic E-state index is 5.13. The number of nitrogens with zero attached hydrogens (tertiary/aromatic N) is 1. The second-order valence-corrected chi connectivity index (χ2v) is 2.49. The highest BCUT2D eigenvalue weighted by Gasteiger charge is 2.08. The topological polar surface area (TPSA) is 51.0 Å². The third kappa shape index (κ3) is 8.14. The zero-order valence-corrected chi connectivity index (χ0v) is 8.65. The lowest BCUT2D eigenvalue weighted by molar-refractivity contribution is -0.124. The zero-order valence-electron chi connectivity index (χ0n) is 8.65. The summed E-state index contributed by atoms with van der Waals surface area (Å²) in [5.41, 5.74) is 0. The number of methoxy groups -OCH3 is 2. The SMILES string of the molecule is COCOC(C)[N]C(C)OCOC. The summed E-state index contributed by atoms with van der Waals surface area (Å²) in [4.78, 5) is 0. The minimum absolute atomic E-state index is 0.230. The molecule has 0 aliphatic heterocycles.